The van der Waals surface area contributed by atoms with E-state index in [1.807, 2.05) is 47.3 Å². The second-order valence-electron chi connectivity index (χ2n) is 9.41. The van der Waals surface area contributed by atoms with Crippen LogP contribution in [0.15, 0.2) is 114 Å². The number of halogens is 3. The van der Waals surface area contributed by atoms with Crippen LogP contribution in [0.4, 0.5) is 13.2 Å². The van der Waals surface area contributed by atoms with Gasteiger partial charge in [-0.3, -0.25) is 4.79 Å². The molecule has 0 unspecified atom stereocenters. The minimum absolute atomic E-state index is 0.0299. The largest absolute Gasteiger partial charge is 0.496 e. The second-order valence-corrected chi connectivity index (χ2v) is 10.4. The van der Waals surface area contributed by atoms with E-state index in [1.165, 1.54) is 13.2 Å². The standard InChI is InChI=1S/C34H24F3N3O2S/c1-42-31-16-10-23(9-15-30(41)25-11-13-27(14-12-25)40-17-5-6-18-40)19-26(31)22-43-33-29(21-38)28(24-7-3-2-4-8-24)20-32(39-33)34(35,36)37/h2-20H,22H2,1H3/b15-9+. The van der Waals surface area contributed by atoms with Crippen molar-refractivity contribution in [1.29, 1.82) is 5.26 Å². The predicted octanol–water partition coefficient (Wildman–Crippen LogP) is 8.63. The van der Waals surface area contributed by atoms with Crippen LogP contribution in [-0.2, 0) is 11.9 Å². The summed E-state index contributed by atoms with van der Waals surface area (Å²) in [5.41, 5.74) is 2.49. The minimum atomic E-state index is -4.69. The molecule has 0 saturated heterocycles. The number of allylic oxidation sites excluding steroid dienone is 1. The maximum Gasteiger partial charge on any atom is 0.433 e. The fraction of sp³-hybridized carbons (Fsp3) is 0.0882. The average Bonchev–Trinajstić information content (AvgIpc) is 3.57. The van der Waals surface area contributed by atoms with E-state index in [0.29, 0.717) is 28.0 Å². The van der Waals surface area contributed by atoms with Gasteiger partial charge in [0.2, 0.25) is 0 Å². The van der Waals surface area contributed by atoms with Crippen molar-refractivity contribution in [2.75, 3.05) is 7.11 Å². The van der Waals surface area contributed by atoms with Gasteiger partial charge in [0.25, 0.3) is 0 Å². The number of hydrogen-bond acceptors (Lipinski definition) is 5. The maximum absolute atomic E-state index is 13.8. The molecule has 43 heavy (non-hydrogen) atoms. The molecule has 9 heteroatoms. The van der Waals surface area contributed by atoms with Crippen molar-refractivity contribution >= 4 is 23.6 Å². The van der Waals surface area contributed by atoms with Crippen LogP contribution in [-0.4, -0.2) is 22.4 Å². The van der Waals surface area contributed by atoms with Gasteiger partial charge in [0.05, 0.1) is 12.7 Å². The Balaban J connectivity index is 1.39. The van der Waals surface area contributed by atoms with E-state index in [1.54, 1.807) is 66.7 Å². The molecule has 0 aliphatic carbocycles. The molecule has 0 amide bonds. The molecule has 5 aromatic rings. The normalized spacial score (nSPS) is 11.4. The molecule has 2 heterocycles. The third-order valence-electron chi connectivity index (χ3n) is 6.62. The van der Waals surface area contributed by atoms with E-state index in [-0.39, 0.29) is 27.7 Å². The van der Waals surface area contributed by atoms with Crippen molar-refractivity contribution in [3.63, 3.8) is 0 Å². The lowest BCUT2D eigenvalue weighted by Crippen LogP contribution is -2.10. The van der Waals surface area contributed by atoms with Crippen molar-refractivity contribution in [2.24, 2.45) is 0 Å². The Hall–Kier alpha value is -5.07. The maximum atomic E-state index is 13.8. The molecule has 0 spiro atoms. The third-order valence-corrected chi connectivity index (χ3v) is 7.65. The highest BCUT2D eigenvalue weighted by molar-refractivity contribution is 7.98. The van der Waals surface area contributed by atoms with Crippen LogP contribution in [0.2, 0.25) is 0 Å². The molecule has 3 aromatic carbocycles. The van der Waals surface area contributed by atoms with Crippen LogP contribution >= 0.6 is 11.8 Å². The van der Waals surface area contributed by atoms with E-state index in [4.69, 9.17) is 4.74 Å². The zero-order valence-corrected chi connectivity index (χ0v) is 23.7. The van der Waals surface area contributed by atoms with Crippen LogP contribution in [0.5, 0.6) is 5.75 Å². The summed E-state index contributed by atoms with van der Waals surface area (Å²) in [6.07, 6.45) is 2.29. The molecule has 0 atom stereocenters. The number of thioether (sulfide) groups is 1. The van der Waals surface area contributed by atoms with Crippen LogP contribution in [0.1, 0.15) is 32.7 Å². The van der Waals surface area contributed by atoms with E-state index in [0.717, 1.165) is 23.5 Å². The Morgan fingerprint density at radius 1 is 1.00 bits per heavy atom. The summed E-state index contributed by atoms with van der Waals surface area (Å²) in [4.78, 5) is 16.6. The first-order valence-corrected chi connectivity index (χ1v) is 14.1. The molecular weight excluding hydrogens is 571 g/mol. The molecule has 0 radical (unpaired) electrons. The van der Waals surface area contributed by atoms with E-state index in [2.05, 4.69) is 4.98 Å². The quantitative estimate of drug-likeness (QED) is 0.0970. The smallest absolute Gasteiger partial charge is 0.433 e. The van der Waals surface area contributed by atoms with Crippen molar-refractivity contribution in [2.45, 2.75) is 17.0 Å². The van der Waals surface area contributed by atoms with Gasteiger partial charge in [-0.2, -0.15) is 18.4 Å². The summed E-state index contributed by atoms with van der Waals surface area (Å²) < 4.78 is 48.8. The highest BCUT2D eigenvalue weighted by atomic mass is 32.2. The topological polar surface area (TPSA) is 67.9 Å². The summed E-state index contributed by atoms with van der Waals surface area (Å²) in [6.45, 7) is 0. The van der Waals surface area contributed by atoms with Crippen LogP contribution in [0.3, 0.4) is 0 Å². The molecule has 0 aliphatic heterocycles. The first-order chi connectivity index (χ1) is 20.8. The van der Waals surface area contributed by atoms with E-state index < -0.39 is 11.9 Å². The molecule has 0 N–H and O–H groups in total. The molecular formula is C34H24F3N3O2S. The monoisotopic (exact) mass is 595 g/mol. The fourth-order valence-corrected chi connectivity index (χ4v) is 5.44. The number of pyridine rings is 1. The number of ether oxygens (including phenoxy) is 1. The number of carbonyl (C=O) groups is 1. The number of methoxy groups -OCH3 is 1. The van der Waals surface area contributed by atoms with Gasteiger partial charge in [-0.1, -0.05) is 42.5 Å². The lowest BCUT2D eigenvalue weighted by molar-refractivity contribution is -0.141. The molecule has 5 rings (SSSR count). The van der Waals surface area contributed by atoms with Gasteiger partial charge in [-0.05, 0) is 71.8 Å². The molecule has 0 bridgehead atoms. The van der Waals surface area contributed by atoms with Crippen LogP contribution in [0.25, 0.3) is 22.9 Å². The van der Waals surface area contributed by atoms with Gasteiger partial charge < -0.3 is 9.30 Å². The van der Waals surface area contributed by atoms with E-state index in [9.17, 15) is 23.2 Å². The van der Waals surface area contributed by atoms with Crippen LogP contribution in [0, 0.1) is 11.3 Å². The molecule has 5 nitrogen and oxygen atoms in total. The summed E-state index contributed by atoms with van der Waals surface area (Å²) >= 11 is 1.02. The number of nitrogens with zero attached hydrogens (tertiary/aromatic N) is 3. The number of carbonyl (C=O) groups excluding carboxylic acids is 1. The number of ketones is 1. The third kappa shape index (κ3) is 6.88. The number of alkyl halides is 3. The number of rotatable bonds is 9. The average molecular weight is 596 g/mol. The number of nitriles is 1. The van der Waals surface area contributed by atoms with Crippen molar-refractivity contribution in [3.05, 3.63) is 137 Å². The zero-order chi connectivity index (χ0) is 30.4. The fourth-order valence-electron chi connectivity index (χ4n) is 4.46. The lowest BCUT2D eigenvalue weighted by Gasteiger charge is -2.15. The lowest BCUT2D eigenvalue weighted by atomic mass is 10.0. The van der Waals surface area contributed by atoms with Gasteiger partial charge in [0, 0.05) is 40.5 Å². The van der Waals surface area contributed by atoms with Crippen molar-refractivity contribution < 1.29 is 22.7 Å². The van der Waals surface area contributed by atoms with Crippen molar-refractivity contribution in [1.82, 2.24) is 9.55 Å². The second kappa shape index (κ2) is 12.8. The van der Waals surface area contributed by atoms with Gasteiger partial charge in [0.15, 0.2) is 5.78 Å². The summed E-state index contributed by atoms with van der Waals surface area (Å²) in [5.74, 6) is 0.521. The van der Waals surface area contributed by atoms with E-state index >= 15 is 0 Å². The molecule has 2 aromatic heterocycles. The Bertz CT molecular complexity index is 1810. The number of aromatic nitrogens is 2. The van der Waals surface area contributed by atoms with Gasteiger partial charge in [-0.15, -0.1) is 11.8 Å². The van der Waals surface area contributed by atoms with Gasteiger partial charge in [-0.25, -0.2) is 4.98 Å². The number of benzene rings is 3. The molecule has 0 aliphatic rings. The first kappa shape index (κ1) is 29.4. The van der Waals surface area contributed by atoms with Crippen LogP contribution < -0.4 is 4.74 Å². The molecule has 0 saturated carbocycles. The summed E-state index contributed by atoms with van der Waals surface area (Å²) in [7, 11) is 1.50. The molecule has 214 valence electrons. The Morgan fingerprint density at radius 2 is 1.72 bits per heavy atom. The summed E-state index contributed by atoms with van der Waals surface area (Å²) in [6, 6.07) is 27.8. The Labute approximate surface area is 250 Å². The SMILES string of the molecule is COc1ccc(/C=C/C(=O)c2ccc(-n3cccc3)cc2)cc1CSc1nc(C(F)(F)F)cc(-c2ccccc2)c1C#N. The van der Waals surface area contributed by atoms with Crippen molar-refractivity contribution in [3.8, 4) is 28.6 Å². The highest BCUT2D eigenvalue weighted by Crippen LogP contribution is 2.38. The number of hydrogen-bond donors (Lipinski definition) is 0. The predicted molar refractivity (Wildman–Crippen MR) is 161 cm³/mol. The minimum Gasteiger partial charge on any atom is -0.496 e. The molecule has 0 fully saturated rings. The van der Waals surface area contributed by atoms with Gasteiger partial charge in [0.1, 0.15) is 22.5 Å². The Morgan fingerprint density at radius 3 is 2.37 bits per heavy atom. The Kier molecular flexibility index (Phi) is 8.79. The van der Waals surface area contributed by atoms with Gasteiger partial charge >= 0.3 is 6.18 Å². The summed E-state index contributed by atoms with van der Waals surface area (Å²) in [5, 5.41) is 9.89. The zero-order valence-electron chi connectivity index (χ0n) is 22.9. The highest BCUT2D eigenvalue weighted by Gasteiger charge is 2.34. The first-order valence-electron chi connectivity index (χ1n) is 13.1.